The molecule has 3 rings (SSSR count). The lowest BCUT2D eigenvalue weighted by atomic mass is 10.1. The average Bonchev–Trinajstić information content (AvgIpc) is 2.79. The summed E-state index contributed by atoms with van der Waals surface area (Å²) in [6.45, 7) is 2.15. The van der Waals surface area contributed by atoms with Gasteiger partial charge >= 0.3 is 5.97 Å². The number of aromatic nitrogens is 2. The van der Waals surface area contributed by atoms with Gasteiger partial charge in [0.15, 0.2) is 5.69 Å². The number of benzene rings is 1. The molecule has 1 aromatic heterocycles. The number of carbonyl (C=O) groups is 1. The molecule has 21 heavy (non-hydrogen) atoms. The van der Waals surface area contributed by atoms with Crippen molar-refractivity contribution in [1.29, 1.82) is 0 Å². The van der Waals surface area contributed by atoms with Crippen LogP contribution in [0.4, 0.5) is 0 Å². The van der Waals surface area contributed by atoms with E-state index in [1.165, 1.54) is 0 Å². The van der Waals surface area contributed by atoms with E-state index in [4.69, 9.17) is 0 Å². The third-order valence-corrected chi connectivity index (χ3v) is 4.58. The van der Waals surface area contributed by atoms with Crippen molar-refractivity contribution >= 4 is 21.9 Å². The fraction of sp³-hybridized carbons (Fsp3) is 0.333. The predicted octanol–water partition coefficient (Wildman–Crippen LogP) is 2.38. The van der Waals surface area contributed by atoms with Gasteiger partial charge in [0.05, 0.1) is 6.54 Å². The number of nitrogens with zero attached hydrogens (tertiary/aromatic N) is 3. The first kappa shape index (κ1) is 14.3. The molecule has 1 aliphatic rings. The largest absolute Gasteiger partial charge is 0.476 e. The molecule has 1 aliphatic heterocycles. The average molecular weight is 350 g/mol. The number of hydrogen-bond acceptors (Lipinski definition) is 3. The van der Waals surface area contributed by atoms with Crippen LogP contribution in [-0.4, -0.2) is 39.3 Å². The molecule has 1 N–H and O–H groups in total. The summed E-state index contributed by atoms with van der Waals surface area (Å²) in [4.78, 5) is 13.5. The first-order valence-corrected chi connectivity index (χ1v) is 7.59. The highest BCUT2D eigenvalue weighted by Gasteiger charge is 2.26. The van der Waals surface area contributed by atoms with Gasteiger partial charge in [0.2, 0.25) is 0 Å². The number of aromatic carboxylic acids is 1. The van der Waals surface area contributed by atoms with Gasteiger partial charge in [0.25, 0.3) is 0 Å². The highest BCUT2D eigenvalue weighted by Crippen LogP contribution is 2.24. The number of carboxylic acid groups (broad SMARTS) is 1. The van der Waals surface area contributed by atoms with Crippen LogP contribution in [-0.2, 0) is 19.5 Å². The molecule has 0 unspecified atom stereocenters. The summed E-state index contributed by atoms with van der Waals surface area (Å²) in [5.74, 6) is -0.951. The Morgan fingerprint density at radius 2 is 2.19 bits per heavy atom. The van der Waals surface area contributed by atoms with Crippen molar-refractivity contribution in [3.63, 3.8) is 0 Å². The predicted molar refractivity (Wildman–Crippen MR) is 82.5 cm³/mol. The maximum absolute atomic E-state index is 11.4. The number of carboxylic acids is 1. The van der Waals surface area contributed by atoms with Crippen molar-refractivity contribution < 1.29 is 9.90 Å². The summed E-state index contributed by atoms with van der Waals surface area (Å²) in [7, 11) is 2.00. The molecule has 5 nitrogen and oxygen atoms in total. The zero-order chi connectivity index (χ0) is 15.0. The van der Waals surface area contributed by atoms with Gasteiger partial charge in [0, 0.05) is 35.2 Å². The van der Waals surface area contributed by atoms with E-state index in [2.05, 4.69) is 25.9 Å². The zero-order valence-corrected chi connectivity index (χ0v) is 13.3. The molecule has 0 aliphatic carbocycles. The van der Waals surface area contributed by atoms with Crippen molar-refractivity contribution in [2.75, 3.05) is 13.6 Å². The molecule has 0 saturated carbocycles. The van der Waals surface area contributed by atoms with E-state index in [-0.39, 0.29) is 5.69 Å². The van der Waals surface area contributed by atoms with E-state index < -0.39 is 5.97 Å². The van der Waals surface area contributed by atoms with Crippen LogP contribution in [0.25, 0.3) is 0 Å². The van der Waals surface area contributed by atoms with Crippen molar-refractivity contribution in [1.82, 2.24) is 14.7 Å². The standard InChI is InChI=1S/C15H16BrN3O2/c1-18-7-6-13-11(9-18)14(15(20)21)17-19(13)8-10-4-2-3-5-12(10)16/h2-5H,6-9H2,1H3,(H,20,21). The third-order valence-electron chi connectivity index (χ3n) is 3.81. The molecule has 2 heterocycles. The van der Waals surface area contributed by atoms with Crippen LogP contribution in [0.5, 0.6) is 0 Å². The van der Waals surface area contributed by atoms with Crippen LogP contribution >= 0.6 is 15.9 Å². The molecular formula is C15H16BrN3O2. The molecule has 110 valence electrons. The summed E-state index contributed by atoms with van der Waals surface area (Å²) in [6, 6.07) is 7.94. The first-order valence-electron chi connectivity index (χ1n) is 6.80. The Labute approximate surface area is 131 Å². The number of halogens is 1. The van der Waals surface area contributed by atoms with Crippen LogP contribution in [0, 0.1) is 0 Å². The normalized spacial score (nSPS) is 15.0. The van der Waals surface area contributed by atoms with Crippen molar-refractivity contribution in [3.8, 4) is 0 Å². The number of fused-ring (bicyclic) bond motifs is 1. The van der Waals surface area contributed by atoms with Crippen LogP contribution in [0.15, 0.2) is 28.7 Å². The van der Waals surface area contributed by atoms with Gasteiger partial charge in [-0.25, -0.2) is 4.79 Å². The van der Waals surface area contributed by atoms with Crippen LogP contribution in [0.2, 0.25) is 0 Å². The molecule has 0 radical (unpaired) electrons. The van der Waals surface area contributed by atoms with Gasteiger partial charge in [0.1, 0.15) is 0 Å². The fourth-order valence-corrected chi connectivity index (χ4v) is 3.13. The van der Waals surface area contributed by atoms with E-state index in [0.29, 0.717) is 13.1 Å². The lowest BCUT2D eigenvalue weighted by Gasteiger charge is -2.23. The quantitative estimate of drug-likeness (QED) is 0.924. The summed E-state index contributed by atoms with van der Waals surface area (Å²) < 4.78 is 2.85. The molecule has 0 amide bonds. The lowest BCUT2D eigenvalue weighted by molar-refractivity contribution is 0.0687. The van der Waals surface area contributed by atoms with Crippen LogP contribution in [0.1, 0.15) is 27.3 Å². The molecule has 0 saturated heterocycles. The van der Waals surface area contributed by atoms with E-state index in [9.17, 15) is 9.90 Å². The SMILES string of the molecule is CN1CCc2c(c(C(=O)O)nn2Cc2ccccc2Br)C1. The lowest BCUT2D eigenvalue weighted by Crippen LogP contribution is -2.28. The second kappa shape index (κ2) is 5.61. The van der Waals surface area contributed by atoms with Crippen LogP contribution < -0.4 is 0 Å². The smallest absolute Gasteiger partial charge is 0.356 e. The van der Waals surface area contributed by atoms with Crippen molar-refractivity contribution in [2.45, 2.75) is 19.5 Å². The summed E-state index contributed by atoms with van der Waals surface area (Å²) in [5.41, 5.74) is 3.17. The minimum Gasteiger partial charge on any atom is -0.476 e. The summed E-state index contributed by atoms with van der Waals surface area (Å²) in [6.07, 6.45) is 0.830. The van der Waals surface area contributed by atoms with Crippen molar-refractivity contribution in [3.05, 3.63) is 51.3 Å². The van der Waals surface area contributed by atoms with E-state index in [1.807, 2.05) is 36.0 Å². The molecule has 0 atom stereocenters. The zero-order valence-electron chi connectivity index (χ0n) is 11.7. The molecule has 6 heteroatoms. The molecule has 0 spiro atoms. The molecular weight excluding hydrogens is 334 g/mol. The highest BCUT2D eigenvalue weighted by atomic mass is 79.9. The van der Waals surface area contributed by atoms with Gasteiger partial charge in [-0.1, -0.05) is 34.1 Å². The maximum Gasteiger partial charge on any atom is 0.356 e. The van der Waals surface area contributed by atoms with E-state index >= 15 is 0 Å². The van der Waals surface area contributed by atoms with Crippen molar-refractivity contribution in [2.24, 2.45) is 0 Å². The first-order chi connectivity index (χ1) is 10.1. The Morgan fingerprint density at radius 3 is 2.90 bits per heavy atom. The van der Waals surface area contributed by atoms with E-state index in [0.717, 1.165) is 34.3 Å². The maximum atomic E-state index is 11.4. The summed E-state index contributed by atoms with van der Waals surface area (Å²) in [5, 5.41) is 13.7. The topological polar surface area (TPSA) is 58.4 Å². The van der Waals surface area contributed by atoms with Gasteiger partial charge in [-0.3, -0.25) is 4.68 Å². The Morgan fingerprint density at radius 1 is 1.43 bits per heavy atom. The molecule has 2 aromatic rings. The minimum atomic E-state index is -0.951. The van der Waals surface area contributed by atoms with Gasteiger partial charge in [-0.2, -0.15) is 5.10 Å². The fourth-order valence-electron chi connectivity index (χ4n) is 2.72. The Kier molecular flexibility index (Phi) is 3.82. The second-order valence-electron chi connectivity index (χ2n) is 5.32. The number of hydrogen-bond donors (Lipinski definition) is 1. The summed E-state index contributed by atoms with van der Waals surface area (Å²) >= 11 is 3.53. The Hall–Kier alpha value is -1.66. The molecule has 1 aromatic carbocycles. The monoisotopic (exact) mass is 349 g/mol. The Balaban J connectivity index is 2.02. The van der Waals surface area contributed by atoms with Gasteiger partial charge < -0.3 is 10.0 Å². The molecule has 0 bridgehead atoms. The minimum absolute atomic E-state index is 0.184. The number of rotatable bonds is 3. The molecule has 0 fully saturated rings. The van der Waals surface area contributed by atoms with E-state index in [1.54, 1.807) is 0 Å². The number of likely N-dealkylation sites (N-methyl/N-ethyl adjacent to an activating group) is 1. The van der Waals surface area contributed by atoms with Crippen LogP contribution in [0.3, 0.4) is 0 Å². The van der Waals surface area contributed by atoms with Gasteiger partial charge in [-0.15, -0.1) is 0 Å². The highest BCUT2D eigenvalue weighted by molar-refractivity contribution is 9.10. The second-order valence-corrected chi connectivity index (χ2v) is 6.17. The Bertz CT molecular complexity index is 696. The van der Waals surface area contributed by atoms with Gasteiger partial charge in [-0.05, 0) is 18.7 Å². The third kappa shape index (κ3) is 2.73.